The van der Waals surface area contributed by atoms with Crippen molar-refractivity contribution in [3.63, 3.8) is 0 Å². The van der Waals surface area contributed by atoms with Gasteiger partial charge in [0.25, 0.3) is 5.91 Å². The van der Waals surface area contributed by atoms with Crippen molar-refractivity contribution >= 4 is 5.91 Å². The molecule has 130 valence electrons. The number of hydrogen-bond donors (Lipinski definition) is 1. The van der Waals surface area contributed by atoms with Crippen molar-refractivity contribution in [2.45, 2.75) is 40.2 Å². The van der Waals surface area contributed by atoms with Crippen molar-refractivity contribution < 1.29 is 9.32 Å². The summed E-state index contributed by atoms with van der Waals surface area (Å²) in [6, 6.07) is 9.75. The molecule has 0 unspecified atom stereocenters. The number of nitrogens with one attached hydrogen (secondary N) is 1. The molecule has 3 rings (SSSR count). The number of carbonyl (C=O) groups excluding carboxylic acids is 1. The van der Waals surface area contributed by atoms with E-state index in [-0.39, 0.29) is 11.9 Å². The van der Waals surface area contributed by atoms with E-state index in [1.807, 2.05) is 55.8 Å². The van der Waals surface area contributed by atoms with Crippen molar-refractivity contribution in [3.8, 4) is 5.69 Å². The quantitative estimate of drug-likeness (QED) is 0.772. The van der Waals surface area contributed by atoms with Crippen LogP contribution in [-0.2, 0) is 6.42 Å². The minimum Gasteiger partial charge on any atom is -0.361 e. The molecular formula is C19H22N4O2. The van der Waals surface area contributed by atoms with Crippen LogP contribution in [0.25, 0.3) is 5.69 Å². The van der Waals surface area contributed by atoms with E-state index < -0.39 is 0 Å². The van der Waals surface area contributed by atoms with Gasteiger partial charge in [0.05, 0.1) is 23.6 Å². The van der Waals surface area contributed by atoms with Gasteiger partial charge in [-0.2, -0.15) is 5.10 Å². The van der Waals surface area contributed by atoms with Crippen molar-refractivity contribution in [2.75, 3.05) is 0 Å². The van der Waals surface area contributed by atoms with E-state index >= 15 is 0 Å². The van der Waals surface area contributed by atoms with E-state index in [1.54, 1.807) is 13.1 Å². The summed E-state index contributed by atoms with van der Waals surface area (Å²) in [5, 5.41) is 11.4. The third kappa shape index (κ3) is 3.20. The Hall–Kier alpha value is -2.89. The lowest BCUT2D eigenvalue weighted by molar-refractivity contribution is 0.0937. The minimum atomic E-state index is -0.177. The summed E-state index contributed by atoms with van der Waals surface area (Å²) in [7, 11) is 0. The summed E-state index contributed by atoms with van der Waals surface area (Å²) in [5.74, 6) is 0.369. The van der Waals surface area contributed by atoms with Gasteiger partial charge in [0, 0.05) is 11.3 Å². The standard InChI is InChI=1S/C19H22N4O2/c1-5-17-18(14(4)25-22-17)19(24)21-12(2)16-11-20-23(13(16)3)15-9-7-6-8-10-15/h6-12H,5H2,1-4H3,(H,21,24)/t12-/m1/s1. The van der Waals surface area contributed by atoms with Crippen LogP contribution in [0.1, 0.15) is 53.0 Å². The van der Waals surface area contributed by atoms with Crippen LogP contribution in [0.5, 0.6) is 0 Å². The van der Waals surface area contributed by atoms with E-state index in [9.17, 15) is 4.79 Å². The lowest BCUT2D eigenvalue weighted by Crippen LogP contribution is -2.28. The predicted octanol–water partition coefficient (Wildman–Crippen LogP) is 3.53. The smallest absolute Gasteiger partial charge is 0.257 e. The first-order valence-corrected chi connectivity index (χ1v) is 8.38. The highest BCUT2D eigenvalue weighted by molar-refractivity contribution is 5.96. The molecule has 0 aliphatic carbocycles. The van der Waals surface area contributed by atoms with Gasteiger partial charge in [-0.05, 0) is 39.3 Å². The monoisotopic (exact) mass is 338 g/mol. The fourth-order valence-corrected chi connectivity index (χ4v) is 2.97. The maximum atomic E-state index is 12.6. The Morgan fingerprint density at radius 3 is 2.68 bits per heavy atom. The maximum absolute atomic E-state index is 12.6. The Labute approximate surface area is 146 Å². The average molecular weight is 338 g/mol. The second kappa shape index (κ2) is 6.93. The van der Waals surface area contributed by atoms with E-state index in [2.05, 4.69) is 15.6 Å². The second-order valence-electron chi connectivity index (χ2n) is 6.04. The molecule has 0 bridgehead atoms. The SMILES string of the molecule is CCc1noc(C)c1C(=O)N[C@H](C)c1cnn(-c2ccccc2)c1C. The zero-order chi connectivity index (χ0) is 18.0. The van der Waals surface area contributed by atoms with Crippen LogP contribution in [-0.4, -0.2) is 20.8 Å². The van der Waals surface area contributed by atoms with Crippen LogP contribution in [0.15, 0.2) is 41.1 Å². The molecule has 2 aromatic heterocycles. The van der Waals surface area contributed by atoms with Crippen LogP contribution in [0.2, 0.25) is 0 Å². The summed E-state index contributed by atoms with van der Waals surface area (Å²) >= 11 is 0. The molecule has 6 heteroatoms. The highest BCUT2D eigenvalue weighted by atomic mass is 16.5. The zero-order valence-corrected chi connectivity index (χ0v) is 14.9. The molecule has 0 saturated carbocycles. The number of aromatic nitrogens is 3. The summed E-state index contributed by atoms with van der Waals surface area (Å²) in [6.45, 7) is 7.65. The van der Waals surface area contributed by atoms with Crippen LogP contribution in [0.4, 0.5) is 0 Å². The third-order valence-corrected chi connectivity index (χ3v) is 4.36. The predicted molar refractivity (Wildman–Crippen MR) is 94.8 cm³/mol. The second-order valence-corrected chi connectivity index (χ2v) is 6.04. The van der Waals surface area contributed by atoms with Gasteiger partial charge in [-0.1, -0.05) is 30.3 Å². The van der Waals surface area contributed by atoms with E-state index in [0.717, 1.165) is 16.9 Å². The molecule has 1 aromatic carbocycles. The van der Waals surface area contributed by atoms with Crippen LogP contribution in [0, 0.1) is 13.8 Å². The van der Waals surface area contributed by atoms with Gasteiger partial charge in [0.2, 0.25) is 0 Å². The van der Waals surface area contributed by atoms with Crippen LogP contribution >= 0.6 is 0 Å². The largest absolute Gasteiger partial charge is 0.361 e. The molecule has 1 amide bonds. The third-order valence-electron chi connectivity index (χ3n) is 4.36. The fraction of sp³-hybridized carbons (Fsp3) is 0.316. The molecule has 6 nitrogen and oxygen atoms in total. The Morgan fingerprint density at radius 2 is 2.00 bits per heavy atom. The van der Waals surface area contributed by atoms with Crippen molar-refractivity contribution in [3.05, 3.63) is 64.8 Å². The first kappa shape index (κ1) is 17.0. The van der Waals surface area contributed by atoms with Gasteiger partial charge in [0.15, 0.2) is 0 Å². The number of para-hydroxylation sites is 1. The number of hydrogen-bond acceptors (Lipinski definition) is 4. The summed E-state index contributed by atoms with van der Waals surface area (Å²) < 4.78 is 7.03. The fourth-order valence-electron chi connectivity index (χ4n) is 2.97. The Bertz CT molecular complexity index is 880. The van der Waals surface area contributed by atoms with Crippen molar-refractivity contribution in [2.24, 2.45) is 0 Å². The normalized spacial score (nSPS) is 12.2. The molecule has 25 heavy (non-hydrogen) atoms. The molecular weight excluding hydrogens is 316 g/mol. The summed E-state index contributed by atoms with van der Waals surface area (Å²) in [4.78, 5) is 12.6. The summed E-state index contributed by atoms with van der Waals surface area (Å²) in [5.41, 5.74) is 4.18. The molecule has 2 heterocycles. The van der Waals surface area contributed by atoms with Gasteiger partial charge < -0.3 is 9.84 Å². The minimum absolute atomic E-state index is 0.171. The average Bonchev–Trinajstić information content (AvgIpc) is 3.18. The highest BCUT2D eigenvalue weighted by Crippen LogP contribution is 2.21. The van der Waals surface area contributed by atoms with Gasteiger partial charge >= 0.3 is 0 Å². The van der Waals surface area contributed by atoms with Gasteiger partial charge in [-0.25, -0.2) is 4.68 Å². The van der Waals surface area contributed by atoms with E-state index in [4.69, 9.17) is 4.52 Å². The molecule has 3 aromatic rings. The first-order chi connectivity index (χ1) is 12.0. The van der Waals surface area contributed by atoms with Gasteiger partial charge in [-0.3, -0.25) is 4.79 Å². The lowest BCUT2D eigenvalue weighted by Gasteiger charge is -2.14. The number of carbonyl (C=O) groups is 1. The molecule has 0 saturated heterocycles. The van der Waals surface area contributed by atoms with Gasteiger partial charge in [-0.15, -0.1) is 0 Å². The molecule has 1 N–H and O–H groups in total. The molecule has 0 spiro atoms. The van der Waals surface area contributed by atoms with Crippen molar-refractivity contribution in [1.82, 2.24) is 20.3 Å². The van der Waals surface area contributed by atoms with Crippen LogP contribution in [0.3, 0.4) is 0 Å². The number of amides is 1. The van der Waals surface area contributed by atoms with E-state index in [0.29, 0.717) is 23.4 Å². The topological polar surface area (TPSA) is 73.0 Å². The molecule has 0 aliphatic rings. The number of benzene rings is 1. The highest BCUT2D eigenvalue weighted by Gasteiger charge is 2.22. The zero-order valence-electron chi connectivity index (χ0n) is 14.9. The number of aryl methyl sites for hydroxylation is 2. The van der Waals surface area contributed by atoms with Crippen molar-refractivity contribution in [1.29, 1.82) is 0 Å². The summed E-state index contributed by atoms with van der Waals surface area (Å²) in [6.07, 6.45) is 2.45. The Balaban J connectivity index is 1.82. The van der Waals surface area contributed by atoms with Gasteiger partial charge in [0.1, 0.15) is 11.3 Å². The van der Waals surface area contributed by atoms with Crippen LogP contribution < -0.4 is 5.32 Å². The first-order valence-electron chi connectivity index (χ1n) is 8.38. The molecule has 1 atom stereocenters. The maximum Gasteiger partial charge on any atom is 0.257 e. The lowest BCUT2D eigenvalue weighted by atomic mass is 10.1. The number of nitrogens with zero attached hydrogens (tertiary/aromatic N) is 3. The Kier molecular flexibility index (Phi) is 4.70. The Morgan fingerprint density at radius 1 is 1.28 bits per heavy atom. The molecule has 0 aliphatic heterocycles. The number of rotatable bonds is 5. The molecule has 0 fully saturated rings. The molecule has 0 radical (unpaired) electrons. The van der Waals surface area contributed by atoms with E-state index in [1.165, 1.54) is 0 Å².